The van der Waals surface area contributed by atoms with Crippen LogP contribution in [0.3, 0.4) is 0 Å². The molecule has 0 aliphatic heterocycles. The van der Waals surface area contributed by atoms with Crippen molar-refractivity contribution in [3.05, 3.63) is 82.9 Å². The summed E-state index contributed by atoms with van der Waals surface area (Å²) in [5, 5.41) is 12.8. The number of nitrogens with zero attached hydrogens (tertiary/aromatic N) is 1. The SMILES string of the molecule is C=CC[Si](C)(C)[C@H](CC(=O)NC(=O)c1ccccc1)[C@@](C#N)(C(=O)OC)c1cccc(Br)c1. The highest BCUT2D eigenvalue weighted by Gasteiger charge is 2.55. The predicted octanol–water partition coefficient (Wildman–Crippen LogP) is 4.99. The van der Waals surface area contributed by atoms with Gasteiger partial charge >= 0.3 is 5.97 Å². The van der Waals surface area contributed by atoms with E-state index < -0.39 is 36.8 Å². The van der Waals surface area contributed by atoms with Crippen LogP contribution in [0.4, 0.5) is 0 Å². The second-order valence-electron chi connectivity index (χ2n) is 8.40. The Bertz CT molecular complexity index is 1080. The van der Waals surface area contributed by atoms with E-state index in [0.29, 0.717) is 21.6 Å². The first-order valence-electron chi connectivity index (χ1n) is 10.4. The second-order valence-corrected chi connectivity index (χ2v) is 14.4. The van der Waals surface area contributed by atoms with Crippen LogP contribution in [0, 0.1) is 11.3 Å². The van der Waals surface area contributed by atoms with Gasteiger partial charge in [0.15, 0.2) is 5.41 Å². The van der Waals surface area contributed by atoms with Crippen molar-refractivity contribution < 1.29 is 19.1 Å². The van der Waals surface area contributed by atoms with E-state index in [2.05, 4.69) is 33.9 Å². The van der Waals surface area contributed by atoms with Gasteiger partial charge in [-0.2, -0.15) is 5.26 Å². The molecule has 0 saturated carbocycles. The minimum absolute atomic E-state index is 0.194. The minimum atomic E-state index is -2.49. The van der Waals surface area contributed by atoms with Crippen LogP contribution in [-0.4, -0.2) is 33.0 Å². The largest absolute Gasteiger partial charge is 0.468 e. The van der Waals surface area contributed by atoms with Gasteiger partial charge in [0, 0.05) is 16.5 Å². The summed E-state index contributed by atoms with van der Waals surface area (Å²) < 4.78 is 5.80. The molecule has 6 nitrogen and oxygen atoms in total. The molecule has 0 heterocycles. The maximum atomic E-state index is 13.2. The number of carbonyl (C=O) groups excluding carboxylic acids is 3. The third-order valence-electron chi connectivity index (χ3n) is 5.78. The molecule has 33 heavy (non-hydrogen) atoms. The van der Waals surface area contributed by atoms with Gasteiger partial charge in [-0.25, -0.2) is 4.79 Å². The number of esters is 1. The van der Waals surface area contributed by atoms with E-state index in [4.69, 9.17) is 4.74 Å². The highest BCUT2D eigenvalue weighted by molar-refractivity contribution is 9.10. The van der Waals surface area contributed by atoms with Gasteiger partial charge in [-0.1, -0.05) is 65.4 Å². The fourth-order valence-corrected chi connectivity index (χ4v) is 7.79. The van der Waals surface area contributed by atoms with Crippen molar-refractivity contribution in [2.75, 3.05) is 7.11 Å². The maximum absolute atomic E-state index is 13.2. The van der Waals surface area contributed by atoms with Crippen molar-refractivity contribution in [1.82, 2.24) is 5.32 Å². The lowest BCUT2D eigenvalue weighted by Crippen LogP contribution is -2.52. The average molecular weight is 527 g/mol. The lowest BCUT2D eigenvalue weighted by molar-refractivity contribution is -0.145. The highest BCUT2D eigenvalue weighted by Crippen LogP contribution is 2.47. The summed E-state index contributed by atoms with van der Waals surface area (Å²) in [6, 6.07) is 18.0. The van der Waals surface area contributed by atoms with Gasteiger partial charge in [0.1, 0.15) is 0 Å². The molecular weight excluding hydrogens is 500 g/mol. The molecule has 0 aromatic heterocycles. The van der Waals surface area contributed by atoms with E-state index in [0.717, 1.165) is 0 Å². The molecule has 0 unspecified atom stereocenters. The Morgan fingerprint density at radius 3 is 2.42 bits per heavy atom. The Morgan fingerprint density at radius 1 is 1.21 bits per heavy atom. The smallest absolute Gasteiger partial charge is 0.330 e. The lowest BCUT2D eigenvalue weighted by Gasteiger charge is -2.41. The molecule has 2 rings (SSSR count). The van der Waals surface area contributed by atoms with Crippen molar-refractivity contribution in [2.24, 2.45) is 0 Å². The first-order chi connectivity index (χ1) is 15.6. The number of benzene rings is 2. The minimum Gasteiger partial charge on any atom is -0.468 e. The molecule has 0 bridgehead atoms. The summed E-state index contributed by atoms with van der Waals surface area (Å²) in [7, 11) is -1.26. The third kappa shape index (κ3) is 5.86. The zero-order chi connectivity index (χ0) is 24.6. The standard InChI is InChI=1S/C25H27BrN2O4Si/c1-5-14-33(3,4)21(16-22(29)28-23(30)18-10-7-6-8-11-18)25(17-27,24(31)32-2)19-12-9-13-20(26)15-19/h5-13,15,21H,1,14,16H2,2-4H3,(H,28,29,30)/t21-,25+/m1/s1. The number of halogens is 1. The van der Waals surface area contributed by atoms with Gasteiger partial charge in [-0.05, 0) is 41.4 Å². The number of nitrogens with one attached hydrogen (secondary N) is 1. The van der Waals surface area contributed by atoms with Gasteiger partial charge in [0.2, 0.25) is 5.91 Å². The number of carbonyl (C=O) groups is 3. The van der Waals surface area contributed by atoms with E-state index in [-0.39, 0.29) is 6.42 Å². The fourth-order valence-electron chi connectivity index (χ4n) is 4.10. The molecule has 2 amide bonds. The number of rotatable bonds is 9. The zero-order valence-electron chi connectivity index (χ0n) is 18.9. The zero-order valence-corrected chi connectivity index (χ0v) is 21.5. The second kappa shape index (κ2) is 11.2. The summed E-state index contributed by atoms with van der Waals surface area (Å²) in [6.45, 7) is 7.83. The fraction of sp³-hybridized carbons (Fsp3) is 0.280. The van der Waals surface area contributed by atoms with Crippen molar-refractivity contribution in [1.29, 1.82) is 5.26 Å². The van der Waals surface area contributed by atoms with Crippen LogP contribution in [-0.2, 0) is 19.7 Å². The Morgan fingerprint density at radius 2 is 1.88 bits per heavy atom. The molecule has 0 aliphatic rings. The van der Waals surface area contributed by atoms with E-state index >= 15 is 0 Å². The molecule has 0 spiro atoms. The van der Waals surface area contributed by atoms with Crippen LogP contribution >= 0.6 is 15.9 Å². The summed E-state index contributed by atoms with van der Waals surface area (Å²) in [6.07, 6.45) is 1.55. The molecule has 0 radical (unpaired) electrons. The van der Waals surface area contributed by atoms with Gasteiger partial charge in [-0.3, -0.25) is 14.9 Å². The molecule has 0 saturated heterocycles. The Kier molecular flexibility index (Phi) is 8.91. The number of methoxy groups -OCH3 is 1. The van der Waals surface area contributed by atoms with Gasteiger partial charge < -0.3 is 4.74 Å². The molecule has 8 heteroatoms. The van der Waals surface area contributed by atoms with Gasteiger partial charge in [0.05, 0.1) is 21.3 Å². The van der Waals surface area contributed by atoms with Crippen LogP contribution in [0.15, 0.2) is 71.7 Å². The summed E-state index contributed by atoms with van der Waals surface area (Å²) in [5.74, 6) is -1.83. The molecule has 2 aromatic carbocycles. The molecule has 172 valence electrons. The topological polar surface area (TPSA) is 96.3 Å². The molecule has 2 aromatic rings. The van der Waals surface area contributed by atoms with Crippen molar-refractivity contribution in [3.63, 3.8) is 0 Å². The summed E-state index contributed by atoms with van der Waals surface area (Å²) >= 11 is 3.40. The Balaban J connectivity index is 2.56. The van der Waals surface area contributed by atoms with E-state index in [1.807, 2.05) is 13.1 Å². The lowest BCUT2D eigenvalue weighted by atomic mass is 9.77. The quantitative estimate of drug-likeness (QED) is 0.282. The van der Waals surface area contributed by atoms with Crippen molar-refractivity contribution in [3.8, 4) is 6.07 Å². The van der Waals surface area contributed by atoms with Crippen molar-refractivity contribution >= 4 is 41.8 Å². The van der Waals surface area contributed by atoms with Crippen LogP contribution in [0.25, 0.3) is 0 Å². The number of hydrogen-bond acceptors (Lipinski definition) is 5. The predicted molar refractivity (Wildman–Crippen MR) is 133 cm³/mol. The number of hydrogen-bond donors (Lipinski definition) is 1. The first kappa shape index (κ1) is 26.2. The number of amides is 2. The van der Waals surface area contributed by atoms with Crippen molar-refractivity contribution in [2.45, 2.75) is 36.5 Å². The van der Waals surface area contributed by atoms with Crippen LogP contribution in [0.5, 0.6) is 0 Å². The maximum Gasteiger partial charge on any atom is 0.330 e. The molecule has 1 N–H and O–H groups in total. The molecule has 0 aliphatic carbocycles. The van der Waals surface area contributed by atoms with Gasteiger partial charge in [0.25, 0.3) is 5.91 Å². The molecular formula is C25H27BrN2O4Si. The number of nitriles is 1. The first-order valence-corrected chi connectivity index (χ1v) is 14.5. The summed E-state index contributed by atoms with van der Waals surface area (Å²) in [4.78, 5) is 38.8. The van der Waals surface area contributed by atoms with Crippen LogP contribution < -0.4 is 5.32 Å². The third-order valence-corrected chi connectivity index (χ3v) is 10.1. The Labute approximate surface area is 203 Å². The summed E-state index contributed by atoms with van der Waals surface area (Å²) in [5.41, 5.74) is -1.65. The van der Waals surface area contributed by atoms with Crippen LogP contribution in [0.2, 0.25) is 24.7 Å². The number of ether oxygens (including phenoxy) is 1. The van der Waals surface area contributed by atoms with E-state index in [9.17, 15) is 19.6 Å². The molecule has 2 atom stereocenters. The average Bonchev–Trinajstić information content (AvgIpc) is 2.79. The number of allylic oxidation sites excluding steroid dienone is 1. The molecule has 0 fully saturated rings. The Hall–Kier alpha value is -3.02. The highest BCUT2D eigenvalue weighted by atomic mass is 79.9. The monoisotopic (exact) mass is 526 g/mol. The van der Waals surface area contributed by atoms with Crippen LogP contribution in [0.1, 0.15) is 22.3 Å². The van der Waals surface area contributed by atoms with E-state index in [1.54, 1.807) is 60.7 Å². The normalized spacial score (nSPS) is 13.7. The van der Waals surface area contributed by atoms with Gasteiger partial charge in [-0.15, -0.1) is 6.58 Å². The number of imide groups is 1. The van der Waals surface area contributed by atoms with E-state index in [1.165, 1.54) is 7.11 Å².